The molecule has 40 heavy (non-hydrogen) atoms. The smallest absolute Gasteiger partial charge is 0.371 e. The highest BCUT2D eigenvalue weighted by Gasteiger charge is 2.32. The van der Waals surface area contributed by atoms with Gasteiger partial charge in [-0.3, -0.25) is 0 Å². The second-order valence-corrected chi connectivity index (χ2v) is 11.1. The normalized spacial score (nSPS) is 15.6. The minimum absolute atomic E-state index is 0.0277. The Morgan fingerprint density at radius 3 is 2.33 bits per heavy atom. The third-order valence-electron chi connectivity index (χ3n) is 8.18. The number of rotatable bonds is 9. The molecule has 0 bridgehead atoms. The van der Waals surface area contributed by atoms with Crippen LogP contribution < -0.4 is 9.80 Å². The zero-order valence-electron chi connectivity index (χ0n) is 23.2. The van der Waals surface area contributed by atoms with Gasteiger partial charge in [-0.15, -0.1) is 5.10 Å². The van der Waals surface area contributed by atoms with Crippen LogP contribution in [0.25, 0.3) is 0 Å². The van der Waals surface area contributed by atoms with Crippen molar-refractivity contribution >= 4 is 11.6 Å². The number of nitriles is 1. The number of anilines is 2. The summed E-state index contributed by atoms with van der Waals surface area (Å²) < 4.78 is 40.9. The first-order valence-electron chi connectivity index (χ1n) is 14.2. The van der Waals surface area contributed by atoms with Crippen molar-refractivity contribution in [2.24, 2.45) is 13.0 Å². The third-order valence-corrected chi connectivity index (χ3v) is 8.18. The molecule has 2 aromatic carbocycles. The van der Waals surface area contributed by atoms with Crippen molar-refractivity contribution in [3.63, 3.8) is 0 Å². The van der Waals surface area contributed by atoms with E-state index in [9.17, 15) is 18.4 Å². The van der Waals surface area contributed by atoms with Gasteiger partial charge < -0.3 is 9.80 Å². The lowest BCUT2D eigenvalue weighted by Gasteiger charge is -2.32. The lowest BCUT2D eigenvalue weighted by atomic mass is 9.89. The van der Waals surface area contributed by atoms with Gasteiger partial charge in [0.1, 0.15) is 0 Å². The van der Waals surface area contributed by atoms with Gasteiger partial charge in [-0.1, -0.05) is 24.0 Å². The molecule has 3 aromatic rings. The van der Waals surface area contributed by atoms with Crippen molar-refractivity contribution in [2.45, 2.75) is 77.6 Å². The molecule has 0 N–H and O–H groups in total. The summed E-state index contributed by atoms with van der Waals surface area (Å²) in [5.41, 5.74) is 4.55. The first-order chi connectivity index (χ1) is 19.2. The molecule has 0 aliphatic heterocycles. The summed E-state index contributed by atoms with van der Waals surface area (Å²) in [6.45, 7) is 4.59. The molecule has 212 valence electrons. The van der Waals surface area contributed by atoms with Gasteiger partial charge in [-0.25, -0.2) is 0 Å². The third kappa shape index (κ3) is 6.40. The summed E-state index contributed by atoms with van der Waals surface area (Å²) in [7, 11) is 1.66. The quantitative estimate of drug-likeness (QED) is 0.315. The second-order valence-electron chi connectivity index (χ2n) is 11.1. The zero-order chi connectivity index (χ0) is 28.3. The van der Waals surface area contributed by atoms with Crippen molar-refractivity contribution in [1.82, 2.24) is 20.2 Å². The molecule has 0 amide bonds. The van der Waals surface area contributed by atoms with E-state index in [1.54, 1.807) is 7.05 Å². The molecule has 1 saturated carbocycles. The predicted octanol–water partition coefficient (Wildman–Crippen LogP) is 6.20. The number of nitrogens with zero attached hydrogens (tertiary/aromatic N) is 7. The summed E-state index contributed by atoms with van der Waals surface area (Å²) in [6.07, 6.45) is 4.96. The Labute approximate surface area is 233 Å². The molecule has 0 atom stereocenters. The number of tetrazole rings is 1. The van der Waals surface area contributed by atoms with E-state index in [-0.39, 0.29) is 12.1 Å². The first-order valence-corrected chi connectivity index (χ1v) is 14.2. The summed E-state index contributed by atoms with van der Waals surface area (Å²) in [5.74, 6) is 1.01. The maximum Gasteiger partial charge on any atom is 0.416 e. The van der Waals surface area contributed by atoms with Crippen molar-refractivity contribution in [3.05, 3.63) is 63.7 Å². The van der Waals surface area contributed by atoms with Crippen LogP contribution in [0.5, 0.6) is 0 Å². The van der Waals surface area contributed by atoms with E-state index in [2.05, 4.69) is 39.4 Å². The van der Waals surface area contributed by atoms with Crippen LogP contribution in [-0.4, -0.2) is 33.3 Å². The van der Waals surface area contributed by atoms with E-state index < -0.39 is 11.7 Å². The van der Waals surface area contributed by atoms with Crippen LogP contribution in [-0.2, 0) is 39.2 Å². The van der Waals surface area contributed by atoms with Gasteiger partial charge in [0.15, 0.2) is 0 Å². The monoisotopic (exact) mass is 551 g/mol. The van der Waals surface area contributed by atoms with Crippen LogP contribution in [0, 0.1) is 17.2 Å². The Morgan fingerprint density at radius 1 is 0.975 bits per heavy atom. The average Bonchev–Trinajstić information content (AvgIpc) is 3.62. The highest BCUT2D eigenvalue weighted by atomic mass is 19.4. The minimum atomic E-state index is -4.55. The second kappa shape index (κ2) is 11.9. The molecule has 0 saturated heterocycles. The van der Waals surface area contributed by atoms with E-state index in [0.29, 0.717) is 24.0 Å². The number of aromatic nitrogens is 4. The molecule has 1 aromatic heterocycles. The van der Waals surface area contributed by atoms with E-state index in [4.69, 9.17) is 0 Å². The number of aryl methyl sites for hydroxylation is 3. The molecule has 0 spiro atoms. The first kappa shape index (κ1) is 27.9. The van der Waals surface area contributed by atoms with Crippen molar-refractivity contribution in [2.75, 3.05) is 22.9 Å². The summed E-state index contributed by atoms with van der Waals surface area (Å²) in [4.78, 5) is 5.68. The number of hydrogen-bond acceptors (Lipinski definition) is 6. The Morgan fingerprint density at radius 2 is 1.70 bits per heavy atom. The van der Waals surface area contributed by atoms with Crippen LogP contribution in [0.3, 0.4) is 0 Å². The lowest BCUT2D eigenvalue weighted by Crippen LogP contribution is -2.31. The number of hydrogen-bond donors (Lipinski definition) is 0. The van der Waals surface area contributed by atoms with Gasteiger partial charge in [0.25, 0.3) is 5.95 Å². The largest absolute Gasteiger partial charge is 0.416 e. The highest BCUT2D eigenvalue weighted by molar-refractivity contribution is 5.59. The van der Waals surface area contributed by atoms with Crippen molar-refractivity contribution in [3.8, 4) is 6.07 Å². The fourth-order valence-corrected chi connectivity index (χ4v) is 6.18. The molecule has 10 heteroatoms. The molecule has 2 aliphatic rings. The highest BCUT2D eigenvalue weighted by Crippen LogP contribution is 2.35. The Balaban J connectivity index is 1.54. The van der Waals surface area contributed by atoms with Crippen molar-refractivity contribution in [1.29, 1.82) is 5.26 Å². The molecule has 0 unspecified atom stereocenters. The van der Waals surface area contributed by atoms with Crippen molar-refractivity contribution < 1.29 is 13.2 Å². The molecule has 0 radical (unpaired) electrons. The predicted molar refractivity (Wildman–Crippen MR) is 148 cm³/mol. The molecule has 7 nitrogen and oxygen atoms in total. The number of fused-ring (bicyclic) bond motifs is 1. The Hall–Kier alpha value is -3.61. The SMILES string of the molecule is CCN(CC1CCCC1)c1cc2c(cc1CN(Cc1cc(C#N)cc(C(F)(F)F)c1)c1nnn(C)n1)CCCC2. The standard InChI is InChI=1S/C30H36F3N7/c1-3-39(18-21-8-4-5-9-21)28-16-25-11-7-6-10-24(25)15-26(28)20-40(29-35-37-38(2)36-29)19-23-12-22(17-34)13-27(14-23)30(31,32)33/h12-16,21H,3-11,18-20H2,1-2H3. The maximum atomic E-state index is 13.6. The fourth-order valence-electron chi connectivity index (χ4n) is 6.18. The summed E-state index contributed by atoms with van der Waals surface area (Å²) in [5, 5.41) is 22.0. The summed E-state index contributed by atoms with van der Waals surface area (Å²) in [6, 6.07) is 10.0. The van der Waals surface area contributed by atoms with Gasteiger partial charge in [0.05, 0.1) is 24.2 Å². The lowest BCUT2D eigenvalue weighted by molar-refractivity contribution is -0.137. The van der Waals surface area contributed by atoms with Crippen LogP contribution in [0.1, 0.15) is 78.8 Å². The van der Waals surface area contributed by atoms with E-state index in [0.717, 1.165) is 50.0 Å². The Kier molecular flexibility index (Phi) is 8.29. The molecule has 5 rings (SSSR count). The van der Waals surface area contributed by atoms with Gasteiger partial charge in [-0.2, -0.15) is 23.2 Å². The molecular formula is C30H36F3N7. The molecular weight excluding hydrogens is 515 g/mol. The van der Waals surface area contributed by atoms with Crippen LogP contribution >= 0.6 is 0 Å². The van der Waals surface area contributed by atoms with Gasteiger partial charge in [0, 0.05) is 31.9 Å². The number of alkyl halides is 3. The van der Waals surface area contributed by atoms with Gasteiger partial charge >= 0.3 is 6.18 Å². The number of halogens is 3. The molecule has 1 fully saturated rings. The fraction of sp³-hybridized carbons (Fsp3) is 0.533. The molecule has 2 aliphatic carbocycles. The van der Waals surface area contributed by atoms with Crippen LogP contribution in [0.2, 0.25) is 0 Å². The van der Waals surface area contributed by atoms with Crippen LogP contribution in [0.15, 0.2) is 30.3 Å². The van der Waals surface area contributed by atoms with E-state index in [1.165, 1.54) is 59.8 Å². The van der Waals surface area contributed by atoms with Gasteiger partial charge in [0.2, 0.25) is 0 Å². The zero-order valence-corrected chi connectivity index (χ0v) is 23.2. The maximum absolute atomic E-state index is 13.6. The topological polar surface area (TPSA) is 73.9 Å². The average molecular weight is 552 g/mol. The van der Waals surface area contributed by atoms with Crippen LogP contribution in [0.4, 0.5) is 24.8 Å². The van der Waals surface area contributed by atoms with E-state index >= 15 is 0 Å². The van der Waals surface area contributed by atoms with E-state index in [1.807, 2.05) is 11.0 Å². The molecule has 1 heterocycles. The Bertz CT molecular complexity index is 1370. The summed E-state index contributed by atoms with van der Waals surface area (Å²) >= 11 is 0. The minimum Gasteiger partial charge on any atom is -0.371 e. The number of benzene rings is 2. The van der Waals surface area contributed by atoms with Gasteiger partial charge in [-0.05, 0) is 103 Å².